The monoisotopic (exact) mass is 455 g/mol. The van der Waals surface area contributed by atoms with Crippen LogP contribution in [0.3, 0.4) is 0 Å². The Morgan fingerprint density at radius 3 is 2.00 bits per heavy atom. The predicted octanol–water partition coefficient (Wildman–Crippen LogP) is 4.86. The summed E-state index contributed by atoms with van der Waals surface area (Å²) in [5, 5.41) is 30.3. The number of imidazole rings is 1. The van der Waals surface area contributed by atoms with Crippen molar-refractivity contribution in [2.45, 2.75) is 6.18 Å². The summed E-state index contributed by atoms with van der Waals surface area (Å²) in [7, 11) is 0. The zero-order valence-corrected chi connectivity index (χ0v) is 15.9. The van der Waals surface area contributed by atoms with Crippen molar-refractivity contribution in [3.8, 4) is 35.3 Å². The normalized spacial score (nSPS) is 11.0. The smallest absolute Gasteiger partial charge is 0.328 e. The molecule has 13 heteroatoms. The summed E-state index contributed by atoms with van der Waals surface area (Å²) in [6.07, 6.45) is -4.68. The van der Waals surface area contributed by atoms with Crippen molar-refractivity contribution >= 4 is 34.8 Å². The fraction of sp³-hybridized carbons (Fsp3) is 0.0625. The largest absolute Gasteiger partial charge is 0.416 e. The molecule has 0 aliphatic heterocycles. The zero-order chi connectivity index (χ0) is 21.5. The number of alkyl halides is 3. The lowest BCUT2D eigenvalue weighted by molar-refractivity contribution is -0.137. The molecular weight excluding hydrogens is 454 g/mol. The fourth-order valence-electron chi connectivity index (χ4n) is 2.42. The Hall–Kier alpha value is -3.23. The molecule has 0 saturated carbocycles. The average molecular weight is 457 g/mol. The molecule has 0 fully saturated rings. The highest BCUT2D eigenvalue weighted by Gasteiger charge is 2.33. The molecule has 0 atom stereocenters. The van der Waals surface area contributed by atoms with Crippen LogP contribution in [0.25, 0.3) is 17.1 Å². The minimum atomic E-state index is -4.68. The number of H-pyrrole nitrogens is 1. The van der Waals surface area contributed by atoms with Crippen molar-refractivity contribution in [3.63, 3.8) is 0 Å². The van der Waals surface area contributed by atoms with E-state index in [1.807, 2.05) is 0 Å². The van der Waals surface area contributed by atoms with E-state index < -0.39 is 21.8 Å². The Morgan fingerprint density at radius 1 is 0.966 bits per heavy atom. The molecule has 2 heterocycles. The fourth-order valence-corrected chi connectivity index (χ4v) is 3.37. The van der Waals surface area contributed by atoms with Crippen molar-refractivity contribution in [1.82, 2.24) is 19.7 Å². The van der Waals surface area contributed by atoms with E-state index in [1.165, 1.54) is 0 Å². The van der Waals surface area contributed by atoms with Gasteiger partial charge in [-0.25, -0.2) is 9.67 Å². The number of nitriles is 3. The minimum Gasteiger partial charge on any atom is -0.328 e. The number of nitrogens with one attached hydrogen (secondary N) is 1. The van der Waals surface area contributed by atoms with E-state index in [4.69, 9.17) is 45.3 Å². The lowest BCUT2D eigenvalue weighted by Gasteiger charge is -2.13. The number of nitrogens with zero attached hydrogens (tertiary/aromatic N) is 6. The number of hydrogen-bond acceptors (Lipinski definition) is 5. The highest BCUT2D eigenvalue weighted by molar-refractivity contribution is 6.38. The van der Waals surface area contributed by atoms with E-state index in [-0.39, 0.29) is 39.3 Å². The first-order valence-corrected chi connectivity index (χ1v) is 8.41. The van der Waals surface area contributed by atoms with Crippen LogP contribution in [-0.2, 0) is 6.18 Å². The maximum absolute atomic E-state index is 12.9. The molecule has 0 amide bonds. The molecule has 1 N–H and O–H groups in total. The number of halogens is 6. The number of aromatic nitrogens is 4. The van der Waals surface area contributed by atoms with Gasteiger partial charge < -0.3 is 4.98 Å². The minimum absolute atomic E-state index is 0.0841. The number of rotatable bonds is 2. The molecule has 0 bridgehead atoms. The van der Waals surface area contributed by atoms with Crippen molar-refractivity contribution in [3.05, 3.63) is 50.0 Å². The van der Waals surface area contributed by atoms with E-state index in [0.29, 0.717) is 12.1 Å². The van der Waals surface area contributed by atoms with E-state index in [1.54, 1.807) is 18.2 Å². The molecule has 7 nitrogen and oxygen atoms in total. The van der Waals surface area contributed by atoms with E-state index in [9.17, 15) is 18.4 Å². The van der Waals surface area contributed by atoms with Crippen LogP contribution in [0.15, 0.2) is 12.1 Å². The number of aromatic amines is 1. The molecule has 0 aliphatic rings. The third-order valence-electron chi connectivity index (χ3n) is 3.65. The summed E-state index contributed by atoms with van der Waals surface area (Å²) in [5.74, 6) is -0.106. The van der Waals surface area contributed by atoms with Gasteiger partial charge in [-0.15, -0.1) is 0 Å². The summed E-state index contributed by atoms with van der Waals surface area (Å²) in [5.41, 5.74) is -2.05. The molecular formula is C16H3Cl3F3N7. The van der Waals surface area contributed by atoms with Gasteiger partial charge in [0, 0.05) is 0 Å². The quantitative estimate of drug-likeness (QED) is 0.591. The second-order valence-corrected chi connectivity index (χ2v) is 6.53. The highest BCUT2D eigenvalue weighted by atomic mass is 35.5. The van der Waals surface area contributed by atoms with Gasteiger partial charge in [0.05, 0.1) is 21.2 Å². The number of hydrogen-bond donors (Lipinski definition) is 1. The molecule has 0 radical (unpaired) electrons. The molecule has 1 aromatic carbocycles. The van der Waals surface area contributed by atoms with E-state index in [0.717, 1.165) is 4.68 Å². The van der Waals surface area contributed by atoms with Gasteiger partial charge in [-0.1, -0.05) is 34.8 Å². The molecule has 0 unspecified atom stereocenters. The van der Waals surface area contributed by atoms with Crippen LogP contribution in [0, 0.1) is 34.0 Å². The third-order valence-corrected chi connectivity index (χ3v) is 4.57. The Morgan fingerprint density at radius 2 is 1.55 bits per heavy atom. The molecule has 144 valence electrons. The van der Waals surface area contributed by atoms with Crippen molar-refractivity contribution in [2.75, 3.05) is 0 Å². The molecule has 0 saturated heterocycles. The molecule has 29 heavy (non-hydrogen) atoms. The van der Waals surface area contributed by atoms with Gasteiger partial charge in [0.2, 0.25) is 0 Å². The lowest BCUT2D eigenvalue weighted by Crippen LogP contribution is -2.07. The molecule has 0 spiro atoms. The van der Waals surface area contributed by atoms with Crippen LogP contribution in [0.5, 0.6) is 0 Å². The second-order valence-electron chi connectivity index (χ2n) is 5.36. The van der Waals surface area contributed by atoms with E-state index >= 15 is 0 Å². The molecule has 2 aromatic heterocycles. The van der Waals surface area contributed by atoms with Crippen LogP contribution in [0.2, 0.25) is 15.2 Å². The van der Waals surface area contributed by atoms with Crippen LogP contribution >= 0.6 is 34.8 Å². The van der Waals surface area contributed by atoms with Crippen molar-refractivity contribution in [1.29, 1.82) is 15.8 Å². The maximum atomic E-state index is 12.9. The van der Waals surface area contributed by atoms with Gasteiger partial charge in [-0.05, 0) is 12.1 Å². The molecule has 0 aliphatic carbocycles. The first-order chi connectivity index (χ1) is 13.6. The summed E-state index contributed by atoms with van der Waals surface area (Å²) in [4.78, 5) is 6.43. The number of benzene rings is 1. The second kappa shape index (κ2) is 7.31. The highest BCUT2D eigenvalue weighted by Crippen LogP contribution is 2.40. The Balaban J connectivity index is 2.26. The molecule has 3 aromatic rings. The zero-order valence-electron chi connectivity index (χ0n) is 13.6. The van der Waals surface area contributed by atoms with Crippen LogP contribution in [0.4, 0.5) is 13.2 Å². The SMILES string of the molecule is N#Cc1nc(-c2c(C#N)nn(-c3c(Cl)cc(C(F)(F)F)cc3Cl)c2Cl)[nH]c1C#N. The van der Waals surface area contributed by atoms with Gasteiger partial charge in [-0.3, -0.25) is 0 Å². The van der Waals surface area contributed by atoms with Gasteiger partial charge in [0.1, 0.15) is 34.9 Å². The third kappa shape index (κ3) is 3.48. The van der Waals surface area contributed by atoms with Gasteiger partial charge in [0.15, 0.2) is 17.1 Å². The maximum Gasteiger partial charge on any atom is 0.416 e. The predicted molar refractivity (Wildman–Crippen MR) is 95.3 cm³/mol. The summed E-state index contributed by atoms with van der Waals surface area (Å²) >= 11 is 18.2. The van der Waals surface area contributed by atoms with Crippen LogP contribution in [-0.4, -0.2) is 19.7 Å². The van der Waals surface area contributed by atoms with Gasteiger partial charge in [-0.2, -0.15) is 34.1 Å². The first kappa shape index (κ1) is 20.5. The molecule has 3 rings (SSSR count). The summed E-state index contributed by atoms with van der Waals surface area (Å²) in [6, 6.07) is 6.47. The van der Waals surface area contributed by atoms with Crippen LogP contribution < -0.4 is 0 Å². The van der Waals surface area contributed by atoms with Crippen molar-refractivity contribution < 1.29 is 13.2 Å². The topological polar surface area (TPSA) is 118 Å². The summed E-state index contributed by atoms with van der Waals surface area (Å²) in [6.45, 7) is 0. The summed E-state index contributed by atoms with van der Waals surface area (Å²) < 4.78 is 39.7. The average Bonchev–Trinajstić information content (AvgIpc) is 3.20. The van der Waals surface area contributed by atoms with Crippen LogP contribution in [0.1, 0.15) is 22.6 Å². The standard InChI is InChI=1S/C16H3Cl3F3N7/c17-7-1-6(16(20,21)22)2-8(18)13(7)29-14(19)12(11(5-25)28-29)15-26-9(3-23)10(4-24)27-15/h1-2H,(H,26,27). The van der Waals surface area contributed by atoms with Crippen molar-refractivity contribution in [2.24, 2.45) is 0 Å². The first-order valence-electron chi connectivity index (χ1n) is 7.28. The van der Waals surface area contributed by atoms with Gasteiger partial charge in [0.25, 0.3) is 0 Å². The lowest BCUT2D eigenvalue weighted by atomic mass is 10.2. The Labute approximate surface area is 175 Å². The Kier molecular flexibility index (Phi) is 5.16. The van der Waals surface area contributed by atoms with Gasteiger partial charge >= 0.3 is 6.18 Å². The van der Waals surface area contributed by atoms with E-state index in [2.05, 4.69) is 15.1 Å². The Bertz CT molecular complexity index is 1210.